The lowest BCUT2D eigenvalue weighted by Gasteiger charge is -2.15. The largest absolute Gasteiger partial charge is 0.325 e. The second kappa shape index (κ2) is 9.70. The number of nitrogens with one attached hydrogen (secondary N) is 2. The van der Waals surface area contributed by atoms with E-state index in [0.29, 0.717) is 34.4 Å². The first kappa shape index (κ1) is 22.9. The lowest BCUT2D eigenvalue weighted by atomic mass is 10.1. The molecule has 3 aromatic carbocycles. The average molecular weight is 455 g/mol. The number of aromatic nitrogens is 2. The maximum absolute atomic E-state index is 13.6. The van der Waals surface area contributed by atoms with Crippen LogP contribution < -0.4 is 16.2 Å². The summed E-state index contributed by atoms with van der Waals surface area (Å²) in [6.45, 7) is 5.46. The van der Waals surface area contributed by atoms with Crippen LogP contribution in [-0.4, -0.2) is 21.4 Å². The van der Waals surface area contributed by atoms with Gasteiger partial charge in [-0.1, -0.05) is 49.4 Å². The third-order valence-electron chi connectivity index (χ3n) is 5.60. The Morgan fingerprint density at radius 3 is 2.38 bits per heavy atom. The summed E-state index contributed by atoms with van der Waals surface area (Å²) in [6, 6.07) is 20.1. The highest BCUT2D eigenvalue weighted by Crippen LogP contribution is 2.26. The fourth-order valence-electron chi connectivity index (χ4n) is 3.77. The van der Waals surface area contributed by atoms with Crippen molar-refractivity contribution in [3.05, 3.63) is 88.2 Å². The van der Waals surface area contributed by atoms with Crippen molar-refractivity contribution >= 4 is 34.2 Å². The van der Waals surface area contributed by atoms with E-state index < -0.39 is 5.56 Å². The molecule has 34 heavy (non-hydrogen) atoms. The van der Waals surface area contributed by atoms with E-state index in [-0.39, 0.29) is 24.1 Å². The van der Waals surface area contributed by atoms with E-state index in [1.807, 2.05) is 38.1 Å². The molecule has 4 aromatic rings. The molecular weight excluding hydrogens is 428 g/mol. The van der Waals surface area contributed by atoms with E-state index in [1.165, 1.54) is 4.57 Å². The van der Waals surface area contributed by atoms with Crippen molar-refractivity contribution in [2.75, 3.05) is 10.6 Å². The number of para-hydroxylation sites is 3. The normalized spacial score (nSPS) is 10.8. The zero-order valence-electron chi connectivity index (χ0n) is 19.4. The van der Waals surface area contributed by atoms with Gasteiger partial charge in [-0.25, -0.2) is 4.98 Å². The van der Waals surface area contributed by atoms with Gasteiger partial charge in [0.1, 0.15) is 12.2 Å². The van der Waals surface area contributed by atoms with Gasteiger partial charge in [0.15, 0.2) is 0 Å². The summed E-state index contributed by atoms with van der Waals surface area (Å²) in [5, 5.41) is 5.75. The summed E-state index contributed by atoms with van der Waals surface area (Å²) in [7, 11) is 0. The van der Waals surface area contributed by atoms with Crippen LogP contribution in [-0.2, 0) is 16.1 Å². The van der Waals surface area contributed by atoms with Gasteiger partial charge < -0.3 is 10.6 Å². The Bertz CT molecular complexity index is 1460. The molecular formula is C27H26N4O3. The molecule has 7 heteroatoms. The topological polar surface area (TPSA) is 93.1 Å². The highest BCUT2D eigenvalue weighted by Gasteiger charge is 2.18. The van der Waals surface area contributed by atoms with E-state index >= 15 is 0 Å². The quantitative estimate of drug-likeness (QED) is 0.443. The Labute approximate surface area is 197 Å². The van der Waals surface area contributed by atoms with Crippen molar-refractivity contribution < 1.29 is 9.59 Å². The SMILES string of the molecule is CCC(=O)Nc1ccccc1-c1nc2ccccc2n(CC(=O)Nc2cc(C)ccc2C)c1=O. The molecule has 0 aliphatic rings. The molecule has 0 spiro atoms. The molecule has 0 atom stereocenters. The summed E-state index contributed by atoms with van der Waals surface area (Å²) >= 11 is 0. The van der Waals surface area contributed by atoms with Crippen LogP contribution in [0.4, 0.5) is 11.4 Å². The number of nitrogens with zero attached hydrogens (tertiary/aromatic N) is 2. The van der Waals surface area contributed by atoms with Crippen molar-refractivity contribution in [3.8, 4) is 11.3 Å². The molecule has 2 N–H and O–H groups in total. The standard InChI is InChI=1S/C27H26N4O3/c1-4-24(32)28-20-10-6-5-9-19(20)26-27(34)31(23-12-8-7-11-21(23)30-26)16-25(33)29-22-15-17(2)13-14-18(22)3/h5-15H,4,16H2,1-3H3,(H,28,32)(H,29,33). The molecule has 0 saturated heterocycles. The van der Waals surface area contributed by atoms with Crippen molar-refractivity contribution in [1.82, 2.24) is 9.55 Å². The molecule has 2 amide bonds. The van der Waals surface area contributed by atoms with Crippen molar-refractivity contribution in [2.45, 2.75) is 33.7 Å². The van der Waals surface area contributed by atoms with E-state index in [9.17, 15) is 14.4 Å². The molecule has 4 rings (SSSR count). The monoisotopic (exact) mass is 454 g/mol. The van der Waals surface area contributed by atoms with Crippen LogP contribution in [0.2, 0.25) is 0 Å². The number of hydrogen-bond acceptors (Lipinski definition) is 4. The number of aryl methyl sites for hydroxylation is 2. The third kappa shape index (κ3) is 4.73. The summed E-state index contributed by atoms with van der Waals surface area (Å²) in [6.07, 6.45) is 0.308. The number of benzene rings is 3. The van der Waals surface area contributed by atoms with Crippen molar-refractivity contribution in [3.63, 3.8) is 0 Å². The number of carbonyl (C=O) groups excluding carboxylic acids is 2. The minimum Gasteiger partial charge on any atom is -0.325 e. The van der Waals surface area contributed by atoms with E-state index in [4.69, 9.17) is 0 Å². The summed E-state index contributed by atoms with van der Waals surface area (Å²) < 4.78 is 1.43. The summed E-state index contributed by atoms with van der Waals surface area (Å²) in [4.78, 5) is 43.2. The Kier molecular flexibility index (Phi) is 6.54. The number of anilines is 2. The zero-order valence-corrected chi connectivity index (χ0v) is 19.4. The number of carbonyl (C=O) groups is 2. The van der Waals surface area contributed by atoms with Crippen molar-refractivity contribution in [2.24, 2.45) is 0 Å². The Hall–Kier alpha value is -4.26. The van der Waals surface area contributed by atoms with Gasteiger partial charge in [0.2, 0.25) is 11.8 Å². The molecule has 0 aliphatic heterocycles. The Morgan fingerprint density at radius 2 is 1.59 bits per heavy atom. The van der Waals surface area contributed by atoms with Crippen LogP contribution in [0.15, 0.2) is 71.5 Å². The first-order valence-corrected chi connectivity index (χ1v) is 11.1. The van der Waals surface area contributed by atoms with E-state index in [2.05, 4.69) is 15.6 Å². The molecule has 1 aromatic heterocycles. The molecule has 7 nitrogen and oxygen atoms in total. The lowest BCUT2D eigenvalue weighted by molar-refractivity contribution is -0.117. The van der Waals surface area contributed by atoms with Crippen molar-refractivity contribution in [1.29, 1.82) is 0 Å². The summed E-state index contributed by atoms with van der Waals surface area (Å²) in [5.41, 5.74) is 4.58. The third-order valence-corrected chi connectivity index (χ3v) is 5.60. The molecule has 0 aliphatic carbocycles. The van der Waals surface area contributed by atoms with Gasteiger partial charge in [-0.3, -0.25) is 19.0 Å². The zero-order chi connectivity index (χ0) is 24.2. The van der Waals surface area contributed by atoms with Crippen LogP contribution in [0.3, 0.4) is 0 Å². The van der Waals surface area contributed by atoms with E-state index in [0.717, 1.165) is 11.1 Å². The number of rotatable bonds is 6. The predicted octanol–water partition coefficient (Wildman–Crippen LogP) is 4.67. The molecule has 0 bridgehead atoms. The fourth-order valence-corrected chi connectivity index (χ4v) is 3.77. The van der Waals surface area contributed by atoms with Gasteiger partial charge in [0.25, 0.3) is 5.56 Å². The molecule has 0 fully saturated rings. The van der Waals surface area contributed by atoms with Crippen LogP contribution in [0.5, 0.6) is 0 Å². The average Bonchev–Trinajstić information content (AvgIpc) is 2.83. The first-order valence-electron chi connectivity index (χ1n) is 11.1. The van der Waals surface area contributed by atoms with Crippen LogP contribution in [0.25, 0.3) is 22.3 Å². The molecule has 0 radical (unpaired) electrons. The van der Waals surface area contributed by atoms with Gasteiger partial charge >= 0.3 is 0 Å². The maximum Gasteiger partial charge on any atom is 0.278 e. The van der Waals surface area contributed by atoms with Gasteiger partial charge in [-0.05, 0) is 49.2 Å². The van der Waals surface area contributed by atoms with Crippen LogP contribution in [0.1, 0.15) is 24.5 Å². The van der Waals surface area contributed by atoms with E-state index in [1.54, 1.807) is 49.4 Å². The fraction of sp³-hybridized carbons (Fsp3) is 0.185. The van der Waals surface area contributed by atoms with Crippen LogP contribution in [0, 0.1) is 13.8 Å². The van der Waals surface area contributed by atoms with Crippen LogP contribution >= 0.6 is 0 Å². The molecule has 0 unspecified atom stereocenters. The lowest BCUT2D eigenvalue weighted by Crippen LogP contribution is -2.30. The number of hydrogen-bond donors (Lipinski definition) is 2. The second-order valence-corrected chi connectivity index (χ2v) is 8.15. The van der Waals surface area contributed by atoms with Gasteiger partial charge in [0, 0.05) is 17.7 Å². The first-order chi connectivity index (χ1) is 16.4. The van der Waals surface area contributed by atoms with Gasteiger partial charge in [-0.2, -0.15) is 0 Å². The Balaban J connectivity index is 1.79. The molecule has 172 valence electrons. The minimum atomic E-state index is -0.409. The summed E-state index contributed by atoms with van der Waals surface area (Å²) in [5.74, 6) is -0.479. The predicted molar refractivity (Wildman–Crippen MR) is 135 cm³/mol. The van der Waals surface area contributed by atoms with Gasteiger partial charge in [0.05, 0.1) is 16.7 Å². The highest BCUT2D eigenvalue weighted by molar-refractivity contribution is 5.96. The second-order valence-electron chi connectivity index (χ2n) is 8.15. The molecule has 1 heterocycles. The minimum absolute atomic E-state index is 0.165. The molecule has 0 saturated carbocycles. The van der Waals surface area contributed by atoms with Gasteiger partial charge in [-0.15, -0.1) is 0 Å². The number of fused-ring (bicyclic) bond motifs is 1. The number of amides is 2. The Morgan fingerprint density at radius 1 is 0.882 bits per heavy atom. The maximum atomic E-state index is 13.6. The smallest absolute Gasteiger partial charge is 0.278 e. The highest BCUT2D eigenvalue weighted by atomic mass is 16.2.